The average molecular weight is 418 g/mol. The second kappa shape index (κ2) is 12.2. The summed E-state index contributed by atoms with van der Waals surface area (Å²) in [5.41, 5.74) is 1.40. The summed E-state index contributed by atoms with van der Waals surface area (Å²) in [6.45, 7) is 3.03. The van der Waals surface area contributed by atoms with Crippen LogP contribution >= 0.6 is 0 Å². The van der Waals surface area contributed by atoms with Gasteiger partial charge in [-0.2, -0.15) is 0 Å². The van der Waals surface area contributed by atoms with Crippen molar-refractivity contribution in [3.05, 3.63) is 84.6 Å². The number of rotatable bonds is 6. The third kappa shape index (κ3) is 9.58. The Balaban J connectivity index is 0.000000443. The van der Waals surface area contributed by atoms with Gasteiger partial charge < -0.3 is 9.59 Å². The minimum atomic E-state index is 0. The maximum absolute atomic E-state index is 9.37. The Bertz CT molecular complexity index is 645. The largest absolute Gasteiger partial charge is 0.313 e. The van der Waals surface area contributed by atoms with Gasteiger partial charge in [-0.3, -0.25) is 9.59 Å². The Labute approximate surface area is 166 Å². The van der Waals surface area contributed by atoms with Gasteiger partial charge in [-0.1, -0.05) is 47.5 Å². The quantitative estimate of drug-likeness (QED) is 0.300. The van der Waals surface area contributed by atoms with E-state index in [0.29, 0.717) is 11.1 Å². The fraction of sp³-hybridized carbons (Fsp3) is 0.100. The van der Waals surface area contributed by atoms with Crippen molar-refractivity contribution in [2.75, 3.05) is 0 Å². The fourth-order valence-corrected chi connectivity index (χ4v) is 1.78. The van der Waals surface area contributed by atoms with Crippen molar-refractivity contribution in [3.8, 4) is 0 Å². The van der Waals surface area contributed by atoms with Gasteiger partial charge in [0.05, 0.1) is 0 Å². The number of hydrogen-bond donors (Lipinski definition) is 0. The van der Waals surface area contributed by atoms with E-state index >= 15 is 0 Å². The predicted octanol–water partition coefficient (Wildman–Crippen LogP) is 2.69. The molecule has 0 atom stereocenters. The van der Waals surface area contributed by atoms with Gasteiger partial charge in [0.2, 0.25) is 23.1 Å². The van der Waals surface area contributed by atoms with E-state index in [1.165, 1.54) is 26.7 Å². The zero-order valence-corrected chi connectivity index (χ0v) is 16.7. The van der Waals surface area contributed by atoms with Gasteiger partial charge in [0.15, 0.2) is 0 Å². The maximum Gasteiger partial charge on any atom is 0.247 e. The van der Waals surface area contributed by atoms with Crippen molar-refractivity contribution in [2.24, 2.45) is 0 Å². The summed E-state index contributed by atoms with van der Waals surface area (Å²) in [5.74, 6) is 0.346. The molecule has 4 nitrogen and oxygen atoms in total. The average Bonchev–Trinajstić information content (AvgIpc) is 2.56. The predicted molar refractivity (Wildman–Crippen MR) is 98.8 cm³/mol. The van der Waals surface area contributed by atoms with Crippen molar-refractivity contribution in [2.45, 2.75) is 13.8 Å². The standard InChI is InChI=1S/2C10H9O2.Zr/c2*1-8(11)7-10(12)9-5-3-2-4-6-9;/h2*2-7H,1H3;/q2*-1;/p+4. The van der Waals surface area contributed by atoms with Crippen LogP contribution in [-0.4, -0.2) is 42.3 Å². The van der Waals surface area contributed by atoms with Crippen LogP contribution in [0.1, 0.15) is 25.0 Å². The Hall–Kier alpha value is -2.26. The molecule has 0 aliphatic carbocycles. The van der Waals surface area contributed by atoms with Gasteiger partial charge in [0, 0.05) is 40.1 Å². The van der Waals surface area contributed by atoms with E-state index in [0.717, 1.165) is 0 Å². The molecule has 2 aromatic carbocycles. The van der Waals surface area contributed by atoms with Crippen molar-refractivity contribution in [1.29, 1.82) is 0 Å². The molecule has 0 fully saturated rings. The fourth-order valence-electron chi connectivity index (χ4n) is 1.78. The molecule has 2 aromatic rings. The maximum atomic E-state index is 9.37. The summed E-state index contributed by atoms with van der Waals surface area (Å²) in [4.78, 5) is 36.5. The van der Waals surface area contributed by atoms with Crippen LogP contribution in [0, 0.1) is 12.8 Å². The molecule has 0 spiro atoms. The van der Waals surface area contributed by atoms with Gasteiger partial charge in [-0.05, 0) is 12.8 Å². The Morgan fingerprint density at radius 3 is 1.12 bits per heavy atom. The first-order chi connectivity index (χ1) is 11.4. The minimum absolute atomic E-state index is 0. The number of carbonyl (C=O) groups excluding carboxylic acids is 4. The summed E-state index contributed by atoms with van der Waals surface area (Å²) < 4.78 is 0. The van der Waals surface area contributed by atoms with Crippen molar-refractivity contribution in [1.82, 2.24) is 0 Å². The van der Waals surface area contributed by atoms with E-state index in [4.69, 9.17) is 9.59 Å². The molecule has 0 aliphatic rings. The number of benzene rings is 2. The van der Waals surface area contributed by atoms with E-state index in [2.05, 4.69) is 0 Å². The van der Waals surface area contributed by atoms with E-state index in [1.807, 2.05) is 36.4 Å². The molecule has 5 heteroatoms. The number of hydrogen-bond acceptors (Lipinski definition) is 0. The molecule has 0 aromatic heterocycles. The zero-order chi connectivity index (χ0) is 17.9. The first kappa shape index (κ1) is 22.7. The van der Waals surface area contributed by atoms with Crippen molar-refractivity contribution < 1.29 is 45.4 Å². The summed E-state index contributed by atoms with van der Waals surface area (Å²) >= 11 is 0. The van der Waals surface area contributed by atoms with Gasteiger partial charge in [-0.15, -0.1) is 24.3 Å². The molecule has 25 heavy (non-hydrogen) atoms. The van der Waals surface area contributed by atoms with Crippen LogP contribution < -0.4 is 0 Å². The Morgan fingerprint density at radius 1 is 0.600 bits per heavy atom. The molecule has 0 radical (unpaired) electrons. The van der Waals surface area contributed by atoms with Crippen molar-refractivity contribution >= 4 is 23.1 Å². The second-order valence-electron chi connectivity index (χ2n) is 5.07. The van der Waals surface area contributed by atoms with Crippen LogP contribution in [0.15, 0.2) is 60.7 Å². The van der Waals surface area contributed by atoms with Gasteiger partial charge in [0.1, 0.15) is 0 Å². The number of ketones is 4. The van der Waals surface area contributed by atoms with E-state index < -0.39 is 0 Å². The second-order valence-corrected chi connectivity index (χ2v) is 5.07. The van der Waals surface area contributed by atoms with Gasteiger partial charge >= 0.3 is 0 Å². The summed E-state index contributed by atoms with van der Waals surface area (Å²) in [6, 6.07) is 18.1. The SMILES string of the molecule is CC(=[OH+])[CH-]C(=[OH+])c1ccccc1.CC(=[OH+])[CH-]C(=[OH+])c1ccccc1.[Zr]. The van der Waals surface area contributed by atoms with Crippen LogP contribution in [-0.2, 0) is 26.2 Å². The van der Waals surface area contributed by atoms with Gasteiger partial charge in [-0.25, -0.2) is 0 Å². The smallest absolute Gasteiger partial charge is 0.247 e. The zero-order valence-electron chi connectivity index (χ0n) is 14.2. The molecule has 128 valence electrons. The molecule has 0 saturated heterocycles. The monoisotopic (exact) mass is 416 g/mol. The van der Waals surface area contributed by atoms with Crippen LogP contribution in [0.25, 0.3) is 0 Å². The molecule has 0 heterocycles. The first-order valence-electron chi connectivity index (χ1n) is 7.37. The topological polar surface area (TPSA) is 85.6 Å². The van der Waals surface area contributed by atoms with Crippen LogP contribution in [0.2, 0.25) is 0 Å². The molecule has 0 aliphatic heterocycles. The molecule has 0 unspecified atom stereocenters. The molecular weight excluding hydrogens is 395 g/mol. The van der Waals surface area contributed by atoms with Crippen molar-refractivity contribution in [3.63, 3.8) is 0 Å². The van der Waals surface area contributed by atoms with E-state index in [-0.39, 0.29) is 49.3 Å². The summed E-state index contributed by atoms with van der Waals surface area (Å²) in [6.07, 6.45) is 2.63. The van der Waals surface area contributed by atoms with E-state index in [1.54, 1.807) is 24.3 Å². The molecule has 0 saturated carbocycles. The molecule has 4 N–H and O–H groups in total. The third-order valence-corrected chi connectivity index (χ3v) is 2.83. The Kier molecular flexibility index (Phi) is 11.1. The van der Waals surface area contributed by atoms with E-state index in [9.17, 15) is 9.59 Å². The summed E-state index contributed by atoms with van der Waals surface area (Å²) in [5, 5.41) is 0. The molecular formula is C20H22O4Zr+2. The minimum Gasteiger partial charge on any atom is -0.313 e. The molecule has 2 rings (SSSR count). The third-order valence-electron chi connectivity index (χ3n) is 2.83. The van der Waals surface area contributed by atoms with Crippen LogP contribution in [0.4, 0.5) is 0 Å². The van der Waals surface area contributed by atoms with Crippen LogP contribution in [0.5, 0.6) is 0 Å². The van der Waals surface area contributed by atoms with Gasteiger partial charge in [0.25, 0.3) is 0 Å². The van der Waals surface area contributed by atoms with Crippen LogP contribution in [0.3, 0.4) is 0 Å². The molecule has 0 amide bonds. The Morgan fingerprint density at radius 2 is 0.880 bits per heavy atom. The first-order valence-corrected chi connectivity index (χ1v) is 7.37. The summed E-state index contributed by atoms with van der Waals surface area (Å²) in [7, 11) is 0. The molecule has 0 bridgehead atoms. The normalized spacial score (nSPS) is 8.72.